The van der Waals surface area contributed by atoms with Crippen molar-refractivity contribution < 1.29 is 23.9 Å². The van der Waals surface area contributed by atoms with Gasteiger partial charge in [-0.25, -0.2) is 0 Å². The Labute approximate surface area is 200 Å². The van der Waals surface area contributed by atoms with E-state index in [0.717, 1.165) is 5.56 Å². The van der Waals surface area contributed by atoms with Crippen LogP contribution >= 0.6 is 0 Å². The predicted octanol–water partition coefficient (Wildman–Crippen LogP) is 2.42. The molecule has 2 N–H and O–H groups in total. The summed E-state index contributed by atoms with van der Waals surface area (Å²) in [6.07, 6.45) is 1.22. The zero-order chi connectivity index (χ0) is 24.5. The SMILES string of the molecule is COCCNC(=O)[C@H](NC(=O)c1cccc(OC)c1)C1CCN(C(=O)c2cccc(C)c2)CC1. The summed E-state index contributed by atoms with van der Waals surface area (Å²) in [4.78, 5) is 40.7. The third kappa shape index (κ3) is 6.57. The van der Waals surface area contributed by atoms with Crippen molar-refractivity contribution in [1.82, 2.24) is 15.5 Å². The molecule has 2 aromatic rings. The van der Waals surface area contributed by atoms with Crippen LogP contribution in [0.15, 0.2) is 48.5 Å². The van der Waals surface area contributed by atoms with E-state index in [1.807, 2.05) is 36.1 Å². The van der Waals surface area contributed by atoms with E-state index in [0.29, 0.717) is 56.0 Å². The van der Waals surface area contributed by atoms with E-state index in [9.17, 15) is 14.4 Å². The summed E-state index contributed by atoms with van der Waals surface area (Å²) in [7, 11) is 3.10. The van der Waals surface area contributed by atoms with Crippen LogP contribution in [0.1, 0.15) is 39.1 Å². The number of aryl methyl sites for hydroxylation is 1. The summed E-state index contributed by atoms with van der Waals surface area (Å²) in [6, 6.07) is 13.6. The van der Waals surface area contributed by atoms with Crippen LogP contribution < -0.4 is 15.4 Å². The summed E-state index contributed by atoms with van der Waals surface area (Å²) < 4.78 is 10.2. The van der Waals surface area contributed by atoms with Gasteiger partial charge in [0.2, 0.25) is 5.91 Å². The lowest BCUT2D eigenvalue weighted by Crippen LogP contribution is -2.54. The number of nitrogens with zero attached hydrogens (tertiary/aromatic N) is 1. The highest BCUT2D eigenvalue weighted by atomic mass is 16.5. The van der Waals surface area contributed by atoms with E-state index < -0.39 is 6.04 Å². The van der Waals surface area contributed by atoms with E-state index in [1.165, 1.54) is 7.11 Å². The standard InChI is InChI=1S/C26H33N3O5/c1-18-6-4-8-21(16-18)26(32)29-13-10-19(11-14-29)23(25(31)27-12-15-33-2)28-24(30)20-7-5-9-22(17-20)34-3/h4-9,16-17,19,23H,10-15H2,1-3H3,(H,27,31)(H,28,30)/t23-/m1/s1. The summed E-state index contributed by atoms with van der Waals surface area (Å²) >= 11 is 0. The van der Waals surface area contributed by atoms with Gasteiger partial charge in [-0.05, 0) is 56.0 Å². The van der Waals surface area contributed by atoms with Crippen molar-refractivity contribution in [2.75, 3.05) is 40.5 Å². The number of methoxy groups -OCH3 is 2. The second kappa shape index (κ2) is 12.2. The Morgan fingerprint density at radius 3 is 2.41 bits per heavy atom. The molecule has 0 spiro atoms. The Hall–Kier alpha value is -3.39. The molecule has 0 radical (unpaired) electrons. The Morgan fingerprint density at radius 2 is 1.74 bits per heavy atom. The molecule has 8 heteroatoms. The molecule has 1 aliphatic rings. The molecule has 3 rings (SSSR count). The van der Waals surface area contributed by atoms with Gasteiger partial charge in [0, 0.05) is 37.9 Å². The summed E-state index contributed by atoms with van der Waals surface area (Å²) in [5.74, 6) is -0.139. The quantitative estimate of drug-likeness (QED) is 0.552. The van der Waals surface area contributed by atoms with Crippen molar-refractivity contribution in [3.63, 3.8) is 0 Å². The third-order valence-electron chi connectivity index (χ3n) is 6.07. The van der Waals surface area contributed by atoms with Crippen LogP contribution in [0.5, 0.6) is 5.75 Å². The highest BCUT2D eigenvalue weighted by molar-refractivity contribution is 5.98. The molecule has 1 atom stereocenters. The molecule has 182 valence electrons. The number of ether oxygens (including phenoxy) is 2. The average Bonchev–Trinajstić information content (AvgIpc) is 2.87. The van der Waals surface area contributed by atoms with Crippen molar-refractivity contribution >= 4 is 17.7 Å². The van der Waals surface area contributed by atoms with E-state index >= 15 is 0 Å². The van der Waals surface area contributed by atoms with Crippen molar-refractivity contribution in [3.8, 4) is 5.75 Å². The Balaban J connectivity index is 1.69. The summed E-state index contributed by atoms with van der Waals surface area (Å²) in [5.41, 5.74) is 2.12. The minimum absolute atomic E-state index is 0.0105. The normalized spacial score (nSPS) is 14.9. The van der Waals surface area contributed by atoms with Crippen molar-refractivity contribution in [2.24, 2.45) is 5.92 Å². The molecule has 0 aliphatic carbocycles. The number of piperidine rings is 1. The maximum atomic E-state index is 13.0. The van der Waals surface area contributed by atoms with Gasteiger partial charge in [-0.2, -0.15) is 0 Å². The van der Waals surface area contributed by atoms with E-state index in [1.54, 1.807) is 31.4 Å². The molecule has 3 amide bonds. The molecular formula is C26H33N3O5. The van der Waals surface area contributed by atoms with Gasteiger partial charge in [0.15, 0.2) is 0 Å². The largest absolute Gasteiger partial charge is 0.497 e. The maximum Gasteiger partial charge on any atom is 0.253 e. The Bertz CT molecular complexity index is 1000. The number of carbonyl (C=O) groups excluding carboxylic acids is 3. The fourth-order valence-electron chi connectivity index (χ4n) is 4.17. The van der Waals surface area contributed by atoms with Crippen LogP contribution in [-0.2, 0) is 9.53 Å². The molecule has 0 aromatic heterocycles. The second-order valence-electron chi connectivity index (χ2n) is 8.47. The topological polar surface area (TPSA) is 97.0 Å². The molecule has 1 fully saturated rings. The lowest BCUT2D eigenvalue weighted by molar-refractivity contribution is -0.124. The summed E-state index contributed by atoms with van der Waals surface area (Å²) in [5, 5.41) is 5.76. The highest BCUT2D eigenvalue weighted by Crippen LogP contribution is 2.23. The Morgan fingerprint density at radius 1 is 1.03 bits per heavy atom. The summed E-state index contributed by atoms with van der Waals surface area (Å²) in [6.45, 7) is 3.74. The van der Waals surface area contributed by atoms with Gasteiger partial charge in [0.25, 0.3) is 11.8 Å². The van der Waals surface area contributed by atoms with Gasteiger partial charge < -0.3 is 25.0 Å². The van der Waals surface area contributed by atoms with Gasteiger partial charge in [-0.1, -0.05) is 23.8 Å². The number of carbonyl (C=O) groups is 3. The fourth-order valence-corrected chi connectivity index (χ4v) is 4.17. The lowest BCUT2D eigenvalue weighted by Gasteiger charge is -2.36. The minimum Gasteiger partial charge on any atom is -0.497 e. The van der Waals surface area contributed by atoms with E-state index in [-0.39, 0.29) is 23.6 Å². The predicted molar refractivity (Wildman–Crippen MR) is 129 cm³/mol. The molecule has 2 aromatic carbocycles. The van der Waals surface area contributed by atoms with Gasteiger partial charge >= 0.3 is 0 Å². The number of rotatable bonds is 9. The van der Waals surface area contributed by atoms with E-state index in [2.05, 4.69) is 10.6 Å². The van der Waals surface area contributed by atoms with Crippen LogP contribution in [0.3, 0.4) is 0 Å². The van der Waals surface area contributed by atoms with E-state index in [4.69, 9.17) is 9.47 Å². The van der Waals surface area contributed by atoms with Crippen molar-refractivity contribution in [3.05, 3.63) is 65.2 Å². The fraction of sp³-hybridized carbons (Fsp3) is 0.423. The van der Waals surface area contributed by atoms with Crippen molar-refractivity contribution in [1.29, 1.82) is 0 Å². The number of benzene rings is 2. The molecule has 8 nitrogen and oxygen atoms in total. The van der Waals surface area contributed by atoms with Crippen LogP contribution in [0, 0.1) is 12.8 Å². The van der Waals surface area contributed by atoms with Gasteiger partial charge in [-0.3, -0.25) is 14.4 Å². The molecule has 1 heterocycles. The molecule has 1 aliphatic heterocycles. The molecule has 0 saturated carbocycles. The van der Waals surface area contributed by atoms with Crippen molar-refractivity contribution in [2.45, 2.75) is 25.8 Å². The lowest BCUT2D eigenvalue weighted by atomic mass is 9.88. The first-order valence-electron chi connectivity index (χ1n) is 11.5. The smallest absolute Gasteiger partial charge is 0.253 e. The van der Waals surface area contributed by atoms with Gasteiger partial charge in [-0.15, -0.1) is 0 Å². The first kappa shape index (κ1) is 25.2. The number of nitrogens with one attached hydrogen (secondary N) is 2. The average molecular weight is 468 g/mol. The number of likely N-dealkylation sites (tertiary alicyclic amines) is 1. The van der Waals surface area contributed by atoms with Crippen LogP contribution in [0.4, 0.5) is 0 Å². The number of amides is 3. The first-order valence-corrected chi connectivity index (χ1v) is 11.5. The minimum atomic E-state index is -0.716. The number of hydrogen-bond donors (Lipinski definition) is 2. The van der Waals surface area contributed by atoms with Crippen LogP contribution in [0.2, 0.25) is 0 Å². The Kier molecular flexibility index (Phi) is 9.04. The number of hydrogen-bond acceptors (Lipinski definition) is 5. The molecule has 1 saturated heterocycles. The highest BCUT2D eigenvalue weighted by Gasteiger charge is 2.34. The van der Waals surface area contributed by atoms with Gasteiger partial charge in [0.05, 0.1) is 13.7 Å². The molecule has 34 heavy (non-hydrogen) atoms. The van der Waals surface area contributed by atoms with Crippen LogP contribution in [0.25, 0.3) is 0 Å². The second-order valence-corrected chi connectivity index (χ2v) is 8.47. The molecule has 0 unspecified atom stereocenters. The maximum absolute atomic E-state index is 13.0. The molecule has 0 bridgehead atoms. The van der Waals surface area contributed by atoms with Gasteiger partial charge in [0.1, 0.15) is 11.8 Å². The zero-order valence-corrected chi connectivity index (χ0v) is 20.0. The molecular weight excluding hydrogens is 434 g/mol. The third-order valence-corrected chi connectivity index (χ3v) is 6.07. The van der Waals surface area contributed by atoms with Crippen LogP contribution in [-0.4, -0.2) is 69.1 Å². The first-order chi connectivity index (χ1) is 16.4. The zero-order valence-electron chi connectivity index (χ0n) is 20.0. The monoisotopic (exact) mass is 467 g/mol.